The molecule has 0 aromatic carbocycles. The molecule has 0 radical (unpaired) electrons. The van der Waals surface area contributed by atoms with Gasteiger partial charge in [0, 0.05) is 12.6 Å². The molecule has 0 spiro atoms. The van der Waals surface area contributed by atoms with Crippen LogP contribution in [0.1, 0.15) is 37.8 Å². The summed E-state index contributed by atoms with van der Waals surface area (Å²) in [6, 6.07) is 4.74. The van der Waals surface area contributed by atoms with Gasteiger partial charge in [-0.05, 0) is 51.2 Å². The number of fused-ring (bicyclic) bond motifs is 1. The van der Waals surface area contributed by atoms with E-state index in [0.717, 1.165) is 50.2 Å². The highest BCUT2D eigenvalue weighted by molar-refractivity contribution is 5.81. The van der Waals surface area contributed by atoms with Crippen molar-refractivity contribution in [1.82, 2.24) is 15.5 Å². The molecule has 29 heavy (non-hydrogen) atoms. The van der Waals surface area contributed by atoms with Crippen molar-refractivity contribution in [2.24, 2.45) is 0 Å². The fourth-order valence-corrected chi connectivity index (χ4v) is 3.47. The van der Waals surface area contributed by atoms with E-state index in [-0.39, 0.29) is 18.1 Å². The summed E-state index contributed by atoms with van der Waals surface area (Å²) in [6.45, 7) is 2.86. The van der Waals surface area contributed by atoms with Gasteiger partial charge in [-0.25, -0.2) is 4.79 Å². The van der Waals surface area contributed by atoms with Gasteiger partial charge in [0.2, 0.25) is 5.91 Å². The smallest absolute Gasteiger partial charge is 0.475 e. The molecule has 2 aliphatic heterocycles. The number of hydrogen-bond acceptors (Lipinski definition) is 6. The Morgan fingerprint density at radius 2 is 1.86 bits per heavy atom. The van der Waals surface area contributed by atoms with Crippen LogP contribution in [0.2, 0.25) is 0 Å². The van der Waals surface area contributed by atoms with E-state index in [2.05, 4.69) is 20.4 Å². The molecule has 0 bridgehead atoms. The zero-order valence-corrected chi connectivity index (χ0v) is 15.9. The molecule has 0 unspecified atom stereocenters. The Labute approximate surface area is 165 Å². The van der Waals surface area contributed by atoms with Gasteiger partial charge in [-0.1, -0.05) is 0 Å². The number of amides is 1. The summed E-state index contributed by atoms with van der Waals surface area (Å²) in [5, 5.41) is 18.6. The van der Waals surface area contributed by atoms with E-state index in [4.69, 9.17) is 14.6 Å². The number of aromatic nitrogens is 2. The topological polar surface area (TPSA) is 105 Å². The number of alkyl halides is 3. The van der Waals surface area contributed by atoms with Gasteiger partial charge in [0.05, 0.1) is 17.8 Å². The third-order valence-electron chi connectivity index (χ3n) is 5.08. The maximum absolute atomic E-state index is 12.2. The molecule has 4 rings (SSSR count). The first-order valence-corrected chi connectivity index (χ1v) is 9.48. The van der Waals surface area contributed by atoms with Crippen molar-refractivity contribution in [2.75, 3.05) is 11.4 Å². The Bertz CT molecular complexity index is 740. The van der Waals surface area contributed by atoms with Gasteiger partial charge in [0.1, 0.15) is 6.10 Å². The number of aliphatic carboxylic acids is 1. The Balaban J connectivity index is 0.000000298. The number of aryl methyl sites for hydroxylation is 1. The number of carboxylic acid groups (broad SMARTS) is 1. The number of ether oxygens (including phenoxy) is 1. The van der Waals surface area contributed by atoms with Crippen LogP contribution in [0.5, 0.6) is 0 Å². The fraction of sp³-hybridized carbons (Fsp3) is 0.667. The Hall–Kier alpha value is -2.43. The maximum atomic E-state index is 12.2. The number of anilines is 1. The average Bonchev–Trinajstić information content (AvgIpc) is 3.38. The molecule has 1 aromatic rings. The maximum Gasteiger partial charge on any atom is 0.490 e. The van der Waals surface area contributed by atoms with Gasteiger partial charge in [0.15, 0.2) is 5.82 Å². The minimum Gasteiger partial charge on any atom is -0.475 e. The highest BCUT2D eigenvalue weighted by Crippen LogP contribution is 2.34. The van der Waals surface area contributed by atoms with Crippen molar-refractivity contribution in [3.8, 4) is 0 Å². The second kappa shape index (κ2) is 8.52. The molecule has 1 aromatic heterocycles. The second-order valence-electron chi connectivity index (χ2n) is 7.41. The lowest BCUT2D eigenvalue weighted by atomic mass is 9.98. The van der Waals surface area contributed by atoms with Crippen LogP contribution in [0.3, 0.4) is 0 Å². The number of nitrogens with zero attached hydrogens (tertiary/aromatic N) is 3. The lowest BCUT2D eigenvalue weighted by Crippen LogP contribution is -2.48. The molecule has 160 valence electrons. The summed E-state index contributed by atoms with van der Waals surface area (Å²) >= 11 is 0. The molecule has 3 atom stereocenters. The van der Waals surface area contributed by atoms with Crippen LogP contribution in [0.15, 0.2) is 12.1 Å². The van der Waals surface area contributed by atoms with Crippen molar-refractivity contribution in [2.45, 2.75) is 69.5 Å². The molecule has 3 fully saturated rings. The van der Waals surface area contributed by atoms with E-state index in [1.165, 1.54) is 0 Å². The summed E-state index contributed by atoms with van der Waals surface area (Å²) in [7, 11) is 0. The molecule has 1 saturated carbocycles. The predicted octanol–water partition coefficient (Wildman–Crippen LogP) is 1.82. The Morgan fingerprint density at radius 3 is 2.41 bits per heavy atom. The number of halogens is 3. The first kappa shape index (κ1) is 21.3. The van der Waals surface area contributed by atoms with Crippen molar-refractivity contribution < 1.29 is 32.6 Å². The summed E-state index contributed by atoms with van der Waals surface area (Å²) in [6.07, 6.45) is -0.279. The van der Waals surface area contributed by atoms with Gasteiger partial charge < -0.3 is 20.1 Å². The van der Waals surface area contributed by atoms with Gasteiger partial charge >= 0.3 is 12.1 Å². The minimum absolute atomic E-state index is 0.0783. The summed E-state index contributed by atoms with van der Waals surface area (Å²) in [5.74, 6) is -1.76. The Morgan fingerprint density at radius 1 is 1.17 bits per heavy atom. The summed E-state index contributed by atoms with van der Waals surface area (Å²) in [5.41, 5.74) is 0.927. The first-order chi connectivity index (χ1) is 13.6. The number of carbonyl (C=O) groups is 2. The predicted molar refractivity (Wildman–Crippen MR) is 95.3 cm³/mol. The normalized spacial score (nSPS) is 26.2. The van der Waals surface area contributed by atoms with E-state index in [1.807, 2.05) is 19.1 Å². The standard InChI is InChI=1S/C16H22N4O2.C2HF3O2/c1-10-2-7-15(19-18-10)20-9-8-13-12(20)5-6-14(22-13)16(21)17-11-3-4-11;3-2(4,5)1(6)7/h2,7,11-14H,3-6,8-9H2,1H3,(H,17,21);(H,6,7)/t12-,13-,14-;/m1./s1. The van der Waals surface area contributed by atoms with Crippen LogP contribution in [-0.2, 0) is 14.3 Å². The molecular formula is C18H23F3N4O4. The highest BCUT2D eigenvalue weighted by Gasteiger charge is 2.43. The van der Waals surface area contributed by atoms with E-state index < -0.39 is 12.1 Å². The third-order valence-corrected chi connectivity index (χ3v) is 5.08. The number of carbonyl (C=O) groups excluding carboxylic acids is 1. The van der Waals surface area contributed by atoms with Crippen LogP contribution in [0, 0.1) is 6.92 Å². The van der Waals surface area contributed by atoms with E-state index in [1.54, 1.807) is 0 Å². The van der Waals surface area contributed by atoms with Crippen LogP contribution >= 0.6 is 0 Å². The zero-order chi connectivity index (χ0) is 21.2. The Kier molecular flexibility index (Phi) is 6.25. The quantitative estimate of drug-likeness (QED) is 0.775. The van der Waals surface area contributed by atoms with Crippen molar-refractivity contribution >= 4 is 17.7 Å². The molecule has 2 saturated heterocycles. The number of nitrogens with one attached hydrogen (secondary N) is 1. The van der Waals surface area contributed by atoms with E-state index in [0.29, 0.717) is 12.1 Å². The first-order valence-electron chi connectivity index (χ1n) is 9.48. The molecule has 11 heteroatoms. The number of carboxylic acids is 1. The zero-order valence-electron chi connectivity index (χ0n) is 15.9. The van der Waals surface area contributed by atoms with E-state index >= 15 is 0 Å². The molecule has 3 aliphatic rings. The van der Waals surface area contributed by atoms with Crippen molar-refractivity contribution in [3.05, 3.63) is 17.8 Å². The van der Waals surface area contributed by atoms with Gasteiger partial charge in [0.25, 0.3) is 0 Å². The van der Waals surface area contributed by atoms with Crippen molar-refractivity contribution in [3.63, 3.8) is 0 Å². The van der Waals surface area contributed by atoms with Gasteiger partial charge in [-0.2, -0.15) is 18.3 Å². The fourth-order valence-electron chi connectivity index (χ4n) is 3.47. The van der Waals surface area contributed by atoms with Crippen molar-refractivity contribution in [1.29, 1.82) is 0 Å². The largest absolute Gasteiger partial charge is 0.490 e. The number of hydrogen-bond donors (Lipinski definition) is 2. The highest BCUT2D eigenvalue weighted by atomic mass is 19.4. The van der Waals surface area contributed by atoms with Crippen LogP contribution in [0.4, 0.5) is 19.0 Å². The average molecular weight is 416 g/mol. The van der Waals surface area contributed by atoms with Crippen LogP contribution in [0.25, 0.3) is 0 Å². The van der Waals surface area contributed by atoms with Gasteiger partial charge in [-0.15, -0.1) is 5.10 Å². The SMILES string of the molecule is Cc1ccc(N2CC[C@H]3O[C@@H](C(=O)NC4CC4)CC[C@H]32)nn1.O=C(O)C(F)(F)F. The molecule has 1 aliphatic carbocycles. The third kappa shape index (κ3) is 5.55. The molecule has 1 amide bonds. The van der Waals surface area contributed by atoms with E-state index in [9.17, 15) is 18.0 Å². The summed E-state index contributed by atoms with van der Waals surface area (Å²) in [4.78, 5) is 23.3. The molecular weight excluding hydrogens is 393 g/mol. The lowest BCUT2D eigenvalue weighted by Gasteiger charge is -2.35. The minimum atomic E-state index is -5.08. The lowest BCUT2D eigenvalue weighted by molar-refractivity contribution is -0.192. The molecule has 8 nitrogen and oxygen atoms in total. The monoisotopic (exact) mass is 416 g/mol. The van der Waals surface area contributed by atoms with Gasteiger partial charge in [-0.3, -0.25) is 4.79 Å². The number of rotatable bonds is 3. The molecule has 2 N–H and O–H groups in total. The summed E-state index contributed by atoms with van der Waals surface area (Å²) < 4.78 is 37.8. The van der Waals surface area contributed by atoms with Crippen LogP contribution < -0.4 is 10.2 Å². The second-order valence-corrected chi connectivity index (χ2v) is 7.41. The molecule has 3 heterocycles. The van der Waals surface area contributed by atoms with Crippen LogP contribution in [-0.4, -0.2) is 64.2 Å².